The number of carbonyl (C=O) groups excluding carboxylic acids is 2. The summed E-state index contributed by atoms with van der Waals surface area (Å²) in [4.78, 5) is 38.6. The van der Waals surface area contributed by atoms with Crippen molar-refractivity contribution in [2.45, 2.75) is 63.6 Å². The predicted octanol–water partition coefficient (Wildman–Crippen LogP) is 5.96. The number of fused-ring (bicyclic) bond motifs is 1. The SMILES string of the molecule is CC(C)Oc1cn2cc(C3CCN(CC(=O)N4CCC(c5ccc(N)cc5)CC4)CC3)nc2cc1NC(=O)c1cccc(C(F)(F)F)n1. The van der Waals surface area contributed by atoms with Gasteiger partial charge in [-0.3, -0.25) is 14.5 Å². The smallest absolute Gasteiger partial charge is 0.433 e. The Bertz CT molecular complexity index is 1760. The number of piperidine rings is 2. The van der Waals surface area contributed by atoms with Crippen LogP contribution < -0.4 is 15.8 Å². The van der Waals surface area contributed by atoms with Crippen molar-refractivity contribution < 1.29 is 27.5 Å². The van der Waals surface area contributed by atoms with E-state index in [1.165, 1.54) is 11.6 Å². The van der Waals surface area contributed by atoms with Crippen molar-refractivity contribution in [2.24, 2.45) is 0 Å². The lowest BCUT2D eigenvalue weighted by molar-refractivity contribution is -0.141. The fraction of sp³-hybridized carbons (Fsp3) is 0.429. The van der Waals surface area contributed by atoms with Crippen LogP contribution in [-0.2, 0) is 11.0 Å². The number of rotatable bonds is 8. The number of nitrogens with one attached hydrogen (secondary N) is 1. The summed E-state index contributed by atoms with van der Waals surface area (Å²) in [5.41, 5.74) is 8.10. The molecule has 0 spiro atoms. The zero-order valence-electron chi connectivity index (χ0n) is 27.0. The number of nitrogen functional groups attached to an aromatic ring is 1. The minimum absolute atomic E-state index is 0.171. The van der Waals surface area contributed by atoms with Crippen LogP contribution >= 0.6 is 0 Å². The van der Waals surface area contributed by atoms with Gasteiger partial charge in [0, 0.05) is 37.0 Å². The van der Waals surface area contributed by atoms with Crippen LogP contribution in [0.1, 0.15) is 78.8 Å². The number of amides is 2. The number of imidazole rings is 1. The summed E-state index contributed by atoms with van der Waals surface area (Å²) in [6.07, 6.45) is 2.34. The molecule has 0 aliphatic carbocycles. The van der Waals surface area contributed by atoms with Crippen molar-refractivity contribution in [3.05, 3.63) is 83.6 Å². The molecule has 6 rings (SSSR count). The number of anilines is 2. The number of hydrogen-bond acceptors (Lipinski definition) is 7. The largest absolute Gasteiger partial charge is 0.487 e. The first kappa shape index (κ1) is 33.3. The second-order valence-corrected chi connectivity index (χ2v) is 12.9. The van der Waals surface area contributed by atoms with E-state index in [0.717, 1.165) is 75.4 Å². The van der Waals surface area contributed by atoms with Crippen LogP contribution in [0.25, 0.3) is 5.65 Å². The van der Waals surface area contributed by atoms with Crippen LogP contribution in [0.5, 0.6) is 5.75 Å². The summed E-state index contributed by atoms with van der Waals surface area (Å²) in [5.74, 6) is 0.369. The highest BCUT2D eigenvalue weighted by molar-refractivity contribution is 6.04. The molecule has 10 nitrogen and oxygen atoms in total. The first-order chi connectivity index (χ1) is 22.9. The Morgan fingerprint density at radius 1 is 0.958 bits per heavy atom. The van der Waals surface area contributed by atoms with E-state index in [1.807, 2.05) is 41.5 Å². The Balaban J connectivity index is 1.07. The van der Waals surface area contributed by atoms with Crippen molar-refractivity contribution in [3.8, 4) is 5.75 Å². The summed E-state index contributed by atoms with van der Waals surface area (Å²) < 4.78 is 47.3. The molecule has 1 aromatic carbocycles. The van der Waals surface area contributed by atoms with Crippen LogP contribution in [-0.4, -0.2) is 74.8 Å². The lowest BCUT2D eigenvalue weighted by Crippen LogP contribution is -2.45. The maximum atomic E-state index is 13.2. The molecule has 48 heavy (non-hydrogen) atoms. The fourth-order valence-corrected chi connectivity index (χ4v) is 6.49. The van der Waals surface area contributed by atoms with E-state index >= 15 is 0 Å². The van der Waals surface area contributed by atoms with Crippen molar-refractivity contribution >= 4 is 28.8 Å². The summed E-state index contributed by atoms with van der Waals surface area (Å²) in [7, 11) is 0. The number of hydrogen-bond donors (Lipinski definition) is 2. The van der Waals surface area contributed by atoms with Gasteiger partial charge in [-0.05, 0) is 88.4 Å². The highest BCUT2D eigenvalue weighted by atomic mass is 19.4. The van der Waals surface area contributed by atoms with E-state index in [-0.39, 0.29) is 29.3 Å². The van der Waals surface area contributed by atoms with Crippen molar-refractivity contribution in [1.29, 1.82) is 0 Å². The Hall–Kier alpha value is -4.65. The van der Waals surface area contributed by atoms with E-state index < -0.39 is 17.8 Å². The molecule has 254 valence electrons. The standard InChI is InChI=1S/C35H40F3N7O3/c1-22(2)48-30-20-45-19-29(41-32(45)18-28(30)42-34(47)27-4-3-5-31(40-27)35(36,37)38)25-10-14-43(15-11-25)21-33(46)44-16-12-24(13-17-44)23-6-8-26(39)9-7-23/h3-9,18-20,22,24-25H,10-17,21,39H2,1-2H3,(H,42,47). The Labute approximate surface area is 277 Å². The topological polar surface area (TPSA) is 118 Å². The molecular weight excluding hydrogens is 623 g/mol. The fourth-order valence-electron chi connectivity index (χ4n) is 6.49. The van der Waals surface area contributed by atoms with Gasteiger partial charge in [0.05, 0.1) is 30.2 Å². The van der Waals surface area contributed by atoms with E-state index in [2.05, 4.69) is 27.3 Å². The molecule has 0 radical (unpaired) electrons. The number of nitrogens with zero attached hydrogens (tertiary/aromatic N) is 5. The van der Waals surface area contributed by atoms with E-state index in [1.54, 1.807) is 12.3 Å². The summed E-state index contributed by atoms with van der Waals surface area (Å²) in [6.45, 7) is 7.15. The Morgan fingerprint density at radius 2 is 1.65 bits per heavy atom. The molecule has 2 saturated heterocycles. The number of pyridine rings is 2. The summed E-state index contributed by atoms with van der Waals surface area (Å²) in [5, 5.41) is 2.66. The number of ether oxygens (including phenoxy) is 1. The second kappa shape index (κ2) is 13.8. The molecular formula is C35H40F3N7O3. The van der Waals surface area contributed by atoms with Gasteiger partial charge in [-0.2, -0.15) is 13.2 Å². The normalized spacial score (nSPS) is 16.8. The molecule has 3 aromatic heterocycles. The molecule has 5 heterocycles. The number of benzene rings is 1. The highest BCUT2D eigenvalue weighted by Gasteiger charge is 2.33. The predicted molar refractivity (Wildman–Crippen MR) is 176 cm³/mol. The van der Waals surface area contributed by atoms with Gasteiger partial charge < -0.3 is 25.1 Å². The lowest BCUT2D eigenvalue weighted by atomic mass is 9.89. The summed E-state index contributed by atoms with van der Waals surface area (Å²) >= 11 is 0. The van der Waals surface area contributed by atoms with Crippen LogP contribution in [0.3, 0.4) is 0 Å². The number of aromatic nitrogens is 3. The average molecular weight is 664 g/mol. The molecule has 2 fully saturated rings. The van der Waals surface area contributed by atoms with E-state index in [0.29, 0.717) is 23.9 Å². The van der Waals surface area contributed by atoms with Gasteiger partial charge in [0.25, 0.3) is 5.91 Å². The second-order valence-electron chi connectivity index (χ2n) is 12.9. The number of carbonyl (C=O) groups is 2. The average Bonchev–Trinajstić information content (AvgIpc) is 3.48. The first-order valence-electron chi connectivity index (χ1n) is 16.3. The molecule has 0 atom stereocenters. The molecule has 0 saturated carbocycles. The van der Waals surface area contributed by atoms with E-state index in [4.69, 9.17) is 15.5 Å². The van der Waals surface area contributed by atoms with Gasteiger partial charge in [-0.15, -0.1) is 0 Å². The maximum Gasteiger partial charge on any atom is 0.433 e. The molecule has 4 aromatic rings. The van der Waals surface area contributed by atoms with Crippen LogP contribution in [0.4, 0.5) is 24.5 Å². The van der Waals surface area contributed by atoms with Gasteiger partial charge in [0.1, 0.15) is 17.0 Å². The first-order valence-corrected chi connectivity index (χ1v) is 16.3. The third kappa shape index (κ3) is 7.73. The summed E-state index contributed by atoms with van der Waals surface area (Å²) in [6, 6.07) is 12.9. The number of likely N-dealkylation sites (tertiary alicyclic amines) is 2. The number of halogens is 3. The van der Waals surface area contributed by atoms with Crippen molar-refractivity contribution in [2.75, 3.05) is 43.8 Å². The van der Waals surface area contributed by atoms with Crippen molar-refractivity contribution in [3.63, 3.8) is 0 Å². The molecule has 2 aliphatic heterocycles. The number of alkyl halides is 3. The monoisotopic (exact) mass is 663 g/mol. The maximum absolute atomic E-state index is 13.2. The molecule has 0 bridgehead atoms. The highest BCUT2D eigenvalue weighted by Crippen LogP contribution is 2.33. The third-order valence-electron chi connectivity index (χ3n) is 9.08. The quantitative estimate of drug-likeness (QED) is 0.224. The van der Waals surface area contributed by atoms with Gasteiger partial charge >= 0.3 is 6.18 Å². The van der Waals surface area contributed by atoms with Crippen LogP contribution in [0.2, 0.25) is 0 Å². The minimum Gasteiger partial charge on any atom is -0.487 e. The van der Waals surface area contributed by atoms with Crippen molar-refractivity contribution in [1.82, 2.24) is 24.2 Å². The van der Waals surface area contributed by atoms with Crippen LogP contribution in [0, 0.1) is 0 Å². The van der Waals surface area contributed by atoms with Gasteiger partial charge in [0.15, 0.2) is 5.75 Å². The lowest BCUT2D eigenvalue weighted by Gasteiger charge is -2.35. The van der Waals surface area contributed by atoms with Gasteiger partial charge in [0.2, 0.25) is 5.91 Å². The molecule has 13 heteroatoms. The molecule has 2 amide bonds. The number of nitrogens with two attached hydrogens (primary N) is 1. The van der Waals surface area contributed by atoms with Gasteiger partial charge in [-0.1, -0.05) is 18.2 Å². The minimum atomic E-state index is -4.67. The van der Waals surface area contributed by atoms with Crippen LogP contribution in [0.15, 0.2) is 60.9 Å². The van der Waals surface area contributed by atoms with Gasteiger partial charge in [-0.25, -0.2) is 9.97 Å². The zero-order chi connectivity index (χ0) is 34.0. The third-order valence-corrected chi connectivity index (χ3v) is 9.08. The Kier molecular flexibility index (Phi) is 9.58. The Morgan fingerprint density at radius 3 is 2.31 bits per heavy atom. The zero-order valence-corrected chi connectivity index (χ0v) is 27.0. The van der Waals surface area contributed by atoms with E-state index in [9.17, 15) is 22.8 Å². The molecule has 0 unspecified atom stereocenters. The molecule has 2 aliphatic rings. The molecule has 3 N–H and O–H groups in total.